The van der Waals surface area contributed by atoms with Crippen molar-refractivity contribution in [3.05, 3.63) is 51.9 Å². The molecule has 0 aliphatic heterocycles. The van der Waals surface area contributed by atoms with Gasteiger partial charge in [-0.2, -0.15) is 0 Å². The number of rotatable bonds is 7. The minimum atomic E-state index is -0.952. The van der Waals surface area contributed by atoms with Crippen molar-refractivity contribution >= 4 is 33.4 Å². The van der Waals surface area contributed by atoms with Crippen LogP contribution in [0.3, 0.4) is 0 Å². The van der Waals surface area contributed by atoms with Crippen LogP contribution < -0.4 is 5.56 Å². The van der Waals surface area contributed by atoms with E-state index >= 15 is 0 Å². The fraction of sp³-hybridized carbons (Fsp3) is 0.300. The van der Waals surface area contributed by atoms with E-state index in [0.717, 1.165) is 16.0 Å². The number of hydrogen-bond donors (Lipinski definition) is 1. The lowest BCUT2D eigenvalue weighted by molar-refractivity contribution is -0.138. The summed E-state index contributed by atoms with van der Waals surface area (Å²) in [6.45, 7) is 2.31. The van der Waals surface area contributed by atoms with Gasteiger partial charge >= 0.3 is 5.97 Å². The number of benzene rings is 1. The topological polar surface area (TPSA) is 92.5 Å². The Kier molecular flexibility index (Phi) is 5.89. The molecule has 3 rings (SSSR count). The molecular formula is C20H21N3O4S. The Labute approximate surface area is 165 Å². The second-order valence-corrected chi connectivity index (χ2v) is 7.73. The molecular weight excluding hydrogens is 378 g/mol. The number of aryl methyl sites for hydroxylation is 2. The zero-order valence-electron chi connectivity index (χ0n) is 15.7. The number of aliphatic carboxylic acids is 1. The number of carbonyl (C=O) groups excluding carboxylic acids is 1. The molecule has 0 fully saturated rings. The first-order valence-electron chi connectivity index (χ1n) is 8.88. The number of amides is 1. The van der Waals surface area contributed by atoms with Gasteiger partial charge in [-0.05, 0) is 12.5 Å². The number of carboxylic acid groups (broad SMARTS) is 1. The van der Waals surface area contributed by atoms with Gasteiger partial charge in [0.1, 0.15) is 4.83 Å². The van der Waals surface area contributed by atoms with Crippen molar-refractivity contribution in [1.29, 1.82) is 0 Å². The van der Waals surface area contributed by atoms with Gasteiger partial charge in [0.25, 0.3) is 5.56 Å². The number of aromatic nitrogens is 2. The molecule has 7 nitrogen and oxygen atoms in total. The Morgan fingerprint density at radius 1 is 1.21 bits per heavy atom. The maximum Gasteiger partial charge on any atom is 0.305 e. The lowest BCUT2D eigenvalue weighted by Crippen LogP contribution is -2.31. The third-order valence-corrected chi connectivity index (χ3v) is 5.58. The van der Waals surface area contributed by atoms with Crippen LogP contribution >= 0.6 is 11.3 Å². The highest BCUT2D eigenvalue weighted by Gasteiger charge is 2.17. The summed E-state index contributed by atoms with van der Waals surface area (Å²) in [5, 5.41) is 9.29. The summed E-state index contributed by atoms with van der Waals surface area (Å²) < 4.78 is 1.45. The summed E-state index contributed by atoms with van der Waals surface area (Å²) in [6.07, 6.45) is 1.47. The van der Waals surface area contributed by atoms with Crippen LogP contribution in [0.25, 0.3) is 21.3 Å². The maximum atomic E-state index is 13.1. The second-order valence-electron chi connectivity index (χ2n) is 6.53. The van der Waals surface area contributed by atoms with Gasteiger partial charge in [0.05, 0.1) is 18.1 Å². The first-order chi connectivity index (χ1) is 13.4. The third-order valence-electron chi connectivity index (χ3n) is 4.57. The molecule has 2 aromatic heterocycles. The normalized spacial score (nSPS) is 10.9. The number of hydrogen-bond acceptors (Lipinski definition) is 5. The van der Waals surface area contributed by atoms with Gasteiger partial charge < -0.3 is 10.0 Å². The molecule has 1 aromatic carbocycles. The molecule has 0 unspecified atom stereocenters. The second kappa shape index (κ2) is 8.35. The predicted octanol–water partition coefficient (Wildman–Crippen LogP) is 2.76. The van der Waals surface area contributed by atoms with E-state index in [-0.39, 0.29) is 37.4 Å². The van der Waals surface area contributed by atoms with Crippen molar-refractivity contribution < 1.29 is 14.7 Å². The molecule has 0 saturated heterocycles. The summed E-state index contributed by atoms with van der Waals surface area (Å²) >= 11 is 1.48. The molecule has 0 aliphatic rings. The first-order valence-corrected chi connectivity index (χ1v) is 9.70. The van der Waals surface area contributed by atoms with Crippen molar-refractivity contribution in [3.8, 4) is 11.1 Å². The average molecular weight is 399 g/mol. The number of carbonyl (C=O) groups is 2. The molecule has 0 aliphatic carbocycles. The molecule has 28 heavy (non-hydrogen) atoms. The van der Waals surface area contributed by atoms with Gasteiger partial charge in [-0.15, -0.1) is 11.3 Å². The monoisotopic (exact) mass is 399 g/mol. The van der Waals surface area contributed by atoms with Gasteiger partial charge in [-0.25, -0.2) is 4.98 Å². The molecule has 2 heterocycles. The molecule has 146 valence electrons. The average Bonchev–Trinajstić information content (AvgIpc) is 3.02. The lowest BCUT2D eigenvalue weighted by Gasteiger charge is -2.16. The zero-order valence-corrected chi connectivity index (χ0v) is 16.5. The van der Waals surface area contributed by atoms with E-state index in [9.17, 15) is 14.4 Å². The predicted molar refractivity (Wildman–Crippen MR) is 109 cm³/mol. The number of carboxylic acids is 1. The van der Waals surface area contributed by atoms with E-state index < -0.39 is 5.97 Å². The van der Waals surface area contributed by atoms with Crippen molar-refractivity contribution in [2.75, 3.05) is 13.6 Å². The van der Waals surface area contributed by atoms with E-state index in [2.05, 4.69) is 4.98 Å². The summed E-state index contributed by atoms with van der Waals surface area (Å²) in [6, 6.07) is 9.71. The van der Waals surface area contributed by atoms with Crippen LogP contribution in [0.2, 0.25) is 0 Å². The molecule has 3 aromatic rings. The van der Waals surface area contributed by atoms with Crippen molar-refractivity contribution in [3.63, 3.8) is 0 Å². The van der Waals surface area contributed by atoms with Crippen LogP contribution in [0.15, 0.2) is 41.5 Å². The Hall–Kier alpha value is -3.00. The number of thiophene rings is 1. The van der Waals surface area contributed by atoms with Gasteiger partial charge in [-0.1, -0.05) is 30.3 Å². The van der Waals surface area contributed by atoms with Crippen molar-refractivity contribution in [2.24, 2.45) is 0 Å². The fourth-order valence-corrected chi connectivity index (χ4v) is 4.05. The Bertz CT molecular complexity index is 1070. The minimum Gasteiger partial charge on any atom is -0.481 e. The molecule has 0 bridgehead atoms. The fourth-order valence-electron chi connectivity index (χ4n) is 3.04. The SMILES string of the molecule is Cc1sc2ncn(CCC(=O)N(C)CCC(=O)O)c(=O)c2c1-c1ccccc1. The molecule has 1 amide bonds. The Balaban J connectivity index is 1.86. The van der Waals surface area contributed by atoms with Crippen molar-refractivity contribution in [2.45, 2.75) is 26.3 Å². The highest BCUT2D eigenvalue weighted by Crippen LogP contribution is 2.35. The van der Waals surface area contributed by atoms with Crippen LogP contribution in [-0.2, 0) is 16.1 Å². The van der Waals surface area contributed by atoms with Crippen molar-refractivity contribution in [1.82, 2.24) is 14.5 Å². The maximum absolute atomic E-state index is 13.1. The number of nitrogens with zero attached hydrogens (tertiary/aromatic N) is 3. The highest BCUT2D eigenvalue weighted by molar-refractivity contribution is 7.19. The van der Waals surface area contributed by atoms with E-state index in [1.807, 2.05) is 37.3 Å². The molecule has 8 heteroatoms. The molecule has 0 atom stereocenters. The Morgan fingerprint density at radius 3 is 2.61 bits per heavy atom. The summed E-state index contributed by atoms with van der Waals surface area (Å²) in [5.74, 6) is -1.16. The van der Waals surface area contributed by atoms with Crippen LogP contribution in [0, 0.1) is 6.92 Å². The molecule has 0 spiro atoms. The van der Waals surface area contributed by atoms with Crippen LogP contribution in [-0.4, -0.2) is 45.0 Å². The van der Waals surface area contributed by atoms with Crippen LogP contribution in [0.1, 0.15) is 17.7 Å². The van der Waals surface area contributed by atoms with E-state index in [1.165, 1.54) is 27.1 Å². The summed E-state index contributed by atoms with van der Waals surface area (Å²) in [7, 11) is 1.56. The quantitative estimate of drug-likeness (QED) is 0.659. The van der Waals surface area contributed by atoms with Crippen LogP contribution in [0.5, 0.6) is 0 Å². The third kappa shape index (κ3) is 4.12. The minimum absolute atomic E-state index is 0.104. The molecule has 0 saturated carbocycles. The largest absolute Gasteiger partial charge is 0.481 e. The molecule has 0 radical (unpaired) electrons. The zero-order chi connectivity index (χ0) is 20.3. The van der Waals surface area contributed by atoms with E-state index in [4.69, 9.17) is 5.11 Å². The summed E-state index contributed by atoms with van der Waals surface area (Å²) in [5.41, 5.74) is 1.68. The van der Waals surface area contributed by atoms with Gasteiger partial charge in [0, 0.05) is 37.0 Å². The smallest absolute Gasteiger partial charge is 0.305 e. The summed E-state index contributed by atoms with van der Waals surface area (Å²) in [4.78, 5) is 43.4. The standard InChI is InChI=1S/C20H21N3O4S/c1-13-17(14-6-4-3-5-7-14)18-19(28-13)21-12-23(20(18)27)11-8-15(24)22(2)10-9-16(25)26/h3-7,12H,8-11H2,1-2H3,(H,25,26). The van der Waals surface area contributed by atoms with Gasteiger partial charge in [0.2, 0.25) is 5.91 Å². The Morgan fingerprint density at radius 2 is 1.93 bits per heavy atom. The van der Waals surface area contributed by atoms with Gasteiger partial charge in [0.15, 0.2) is 0 Å². The highest BCUT2D eigenvalue weighted by atomic mass is 32.1. The van der Waals surface area contributed by atoms with E-state index in [1.54, 1.807) is 7.05 Å². The van der Waals surface area contributed by atoms with Gasteiger partial charge in [-0.3, -0.25) is 19.0 Å². The molecule has 1 N–H and O–H groups in total. The van der Waals surface area contributed by atoms with E-state index in [0.29, 0.717) is 10.2 Å². The number of fused-ring (bicyclic) bond motifs is 1. The van der Waals surface area contributed by atoms with Crippen LogP contribution in [0.4, 0.5) is 0 Å². The lowest BCUT2D eigenvalue weighted by atomic mass is 10.0. The first kappa shape index (κ1) is 19.8.